The Kier molecular flexibility index (Phi) is 4.19. The molecule has 1 aliphatic heterocycles. The quantitative estimate of drug-likeness (QED) is 0.865. The lowest BCUT2D eigenvalue weighted by atomic mass is 10.0. The number of aryl methyl sites for hydroxylation is 1. The highest BCUT2D eigenvalue weighted by Gasteiger charge is 2.20. The van der Waals surface area contributed by atoms with Crippen molar-refractivity contribution < 1.29 is 0 Å². The first-order valence-electron chi connectivity index (χ1n) is 6.73. The maximum Gasteiger partial charge on any atom is 0.0236 e. The number of rotatable bonds is 4. The van der Waals surface area contributed by atoms with E-state index < -0.39 is 0 Å². The molecule has 0 bridgehead atoms. The molecule has 2 nitrogen and oxygen atoms in total. The van der Waals surface area contributed by atoms with E-state index in [9.17, 15) is 0 Å². The average Bonchev–Trinajstić information content (AvgIpc) is 2.79. The van der Waals surface area contributed by atoms with Gasteiger partial charge >= 0.3 is 0 Å². The molecule has 94 valence electrons. The van der Waals surface area contributed by atoms with Gasteiger partial charge in [-0.2, -0.15) is 0 Å². The Morgan fingerprint density at radius 3 is 2.82 bits per heavy atom. The summed E-state index contributed by atoms with van der Waals surface area (Å²) < 4.78 is 0. The fourth-order valence-electron chi connectivity index (χ4n) is 2.69. The van der Waals surface area contributed by atoms with Crippen molar-refractivity contribution in [3.05, 3.63) is 34.9 Å². The first-order chi connectivity index (χ1) is 8.22. The van der Waals surface area contributed by atoms with Crippen LogP contribution in [0.15, 0.2) is 18.2 Å². The Labute approximate surface area is 105 Å². The smallest absolute Gasteiger partial charge is 0.0236 e. The molecule has 0 spiro atoms. The standard InChI is InChI=1S/C15H24N2/c1-3-13-6-7-17(10-13)11-15-5-4-14(9-16)8-12(15)2/h4-5,8,13H,3,6-7,9-11,16H2,1-2H3. The van der Waals surface area contributed by atoms with E-state index in [0.717, 1.165) is 12.5 Å². The predicted molar refractivity (Wildman–Crippen MR) is 72.7 cm³/mol. The molecular weight excluding hydrogens is 208 g/mol. The van der Waals surface area contributed by atoms with Crippen molar-refractivity contribution in [3.8, 4) is 0 Å². The van der Waals surface area contributed by atoms with Crippen LogP contribution in [0.5, 0.6) is 0 Å². The lowest BCUT2D eigenvalue weighted by Crippen LogP contribution is -2.20. The summed E-state index contributed by atoms with van der Waals surface area (Å²) in [5.41, 5.74) is 9.73. The summed E-state index contributed by atoms with van der Waals surface area (Å²) in [6.07, 6.45) is 2.69. The number of likely N-dealkylation sites (tertiary alicyclic amines) is 1. The molecule has 0 aromatic heterocycles. The Hall–Kier alpha value is -0.860. The third-order valence-electron chi connectivity index (χ3n) is 3.98. The summed E-state index contributed by atoms with van der Waals surface area (Å²) in [4.78, 5) is 2.58. The molecule has 2 N–H and O–H groups in total. The summed E-state index contributed by atoms with van der Waals surface area (Å²) in [5.74, 6) is 0.915. The predicted octanol–water partition coefficient (Wildman–Crippen LogP) is 2.69. The second-order valence-electron chi connectivity index (χ2n) is 5.26. The van der Waals surface area contributed by atoms with Crippen LogP contribution in [0.3, 0.4) is 0 Å². The fraction of sp³-hybridized carbons (Fsp3) is 0.600. The minimum Gasteiger partial charge on any atom is -0.326 e. The topological polar surface area (TPSA) is 29.3 Å². The van der Waals surface area contributed by atoms with Crippen LogP contribution in [0.1, 0.15) is 36.5 Å². The van der Waals surface area contributed by atoms with Crippen LogP contribution in [0.2, 0.25) is 0 Å². The number of hydrogen-bond donors (Lipinski definition) is 1. The average molecular weight is 232 g/mol. The SMILES string of the molecule is CCC1CCN(Cc2ccc(CN)cc2C)C1. The molecule has 0 amide bonds. The van der Waals surface area contributed by atoms with E-state index in [-0.39, 0.29) is 0 Å². The molecular formula is C15H24N2. The zero-order chi connectivity index (χ0) is 12.3. The summed E-state index contributed by atoms with van der Waals surface area (Å²) in [7, 11) is 0. The van der Waals surface area contributed by atoms with Crippen LogP contribution < -0.4 is 5.73 Å². The van der Waals surface area contributed by atoms with Gasteiger partial charge in [-0.3, -0.25) is 4.90 Å². The second-order valence-corrected chi connectivity index (χ2v) is 5.26. The Balaban J connectivity index is 1.99. The van der Waals surface area contributed by atoms with Crippen LogP contribution >= 0.6 is 0 Å². The molecule has 2 rings (SSSR count). The summed E-state index contributed by atoms with van der Waals surface area (Å²) >= 11 is 0. The van der Waals surface area contributed by atoms with Crippen molar-refractivity contribution in [1.82, 2.24) is 4.90 Å². The van der Waals surface area contributed by atoms with E-state index in [4.69, 9.17) is 5.73 Å². The molecule has 1 unspecified atom stereocenters. The fourth-order valence-corrected chi connectivity index (χ4v) is 2.69. The Bertz CT molecular complexity index is 373. The van der Waals surface area contributed by atoms with Crippen molar-refractivity contribution in [3.63, 3.8) is 0 Å². The minimum absolute atomic E-state index is 0.642. The summed E-state index contributed by atoms with van der Waals surface area (Å²) in [5, 5.41) is 0. The normalized spacial score (nSPS) is 21.0. The van der Waals surface area contributed by atoms with Gasteiger partial charge < -0.3 is 5.73 Å². The van der Waals surface area contributed by atoms with E-state index in [0.29, 0.717) is 6.54 Å². The van der Waals surface area contributed by atoms with Gasteiger partial charge in [-0.25, -0.2) is 0 Å². The molecule has 2 heteroatoms. The van der Waals surface area contributed by atoms with Gasteiger partial charge in [0.2, 0.25) is 0 Å². The molecule has 1 fully saturated rings. The Morgan fingerprint density at radius 1 is 1.41 bits per heavy atom. The van der Waals surface area contributed by atoms with Gasteiger partial charge in [0.05, 0.1) is 0 Å². The lowest BCUT2D eigenvalue weighted by molar-refractivity contribution is 0.314. The molecule has 17 heavy (non-hydrogen) atoms. The molecule has 1 saturated heterocycles. The summed E-state index contributed by atoms with van der Waals surface area (Å²) in [6.45, 7) is 8.78. The van der Waals surface area contributed by atoms with Crippen LogP contribution in [0.4, 0.5) is 0 Å². The minimum atomic E-state index is 0.642. The molecule has 0 saturated carbocycles. The zero-order valence-electron chi connectivity index (χ0n) is 11.1. The van der Waals surface area contributed by atoms with E-state index in [2.05, 4.69) is 36.9 Å². The van der Waals surface area contributed by atoms with Crippen molar-refractivity contribution in [1.29, 1.82) is 0 Å². The maximum absolute atomic E-state index is 5.66. The monoisotopic (exact) mass is 232 g/mol. The summed E-state index contributed by atoms with van der Waals surface area (Å²) in [6, 6.07) is 6.63. The maximum atomic E-state index is 5.66. The van der Waals surface area contributed by atoms with Gasteiger partial charge in [-0.05, 0) is 42.5 Å². The molecule has 1 aromatic carbocycles. The van der Waals surface area contributed by atoms with Crippen LogP contribution in [0, 0.1) is 12.8 Å². The molecule has 1 aromatic rings. The molecule has 1 aliphatic rings. The third-order valence-corrected chi connectivity index (χ3v) is 3.98. The van der Waals surface area contributed by atoms with E-state index in [1.807, 2.05) is 0 Å². The highest BCUT2D eigenvalue weighted by molar-refractivity contribution is 5.31. The van der Waals surface area contributed by atoms with Crippen LogP contribution in [-0.4, -0.2) is 18.0 Å². The highest BCUT2D eigenvalue weighted by atomic mass is 15.1. The first-order valence-corrected chi connectivity index (χ1v) is 6.73. The Morgan fingerprint density at radius 2 is 2.24 bits per heavy atom. The number of nitrogens with zero attached hydrogens (tertiary/aromatic N) is 1. The van der Waals surface area contributed by atoms with E-state index in [1.165, 1.54) is 42.6 Å². The number of benzene rings is 1. The van der Waals surface area contributed by atoms with Gasteiger partial charge in [-0.15, -0.1) is 0 Å². The van der Waals surface area contributed by atoms with Gasteiger partial charge in [0.25, 0.3) is 0 Å². The highest BCUT2D eigenvalue weighted by Crippen LogP contribution is 2.22. The van der Waals surface area contributed by atoms with Crippen molar-refractivity contribution in [2.24, 2.45) is 11.7 Å². The number of hydrogen-bond acceptors (Lipinski definition) is 2. The van der Waals surface area contributed by atoms with Crippen LogP contribution in [0.25, 0.3) is 0 Å². The zero-order valence-corrected chi connectivity index (χ0v) is 11.1. The first kappa shape index (κ1) is 12.6. The van der Waals surface area contributed by atoms with Crippen LogP contribution in [-0.2, 0) is 13.1 Å². The second kappa shape index (κ2) is 5.65. The van der Waals surface area contributed by atoms with Crippen molar-refractivity contribution >= 4 is 0 Å². The lowest BCUT2D eigenvalue weighted by Gasteiger charge is -2.17. The van der Waals surface area contributed by atoms with Crippen molar-refractivity contribution in [2.45, 2.75) is 39.8 Å². The number of nitrogens with two attached hydrogens (primary N) is 1. The molecule has 0 aliphatic carbocycles. The van der Waals surface area contributed by atoms with E-state index in [1.54, 1.807) is 0 Å². The van der Waals surface area contributed by atoms with Crippen molar-refractivity contribution in [2.75, 3.05) is 13.1 Å². The molecule has 0 radical (unpaired) electrons. The van der Waals surface area contributed by atoms with Gasteiger partial charge in [0.1, 0.15) is 0 Å². The molecule has 1 heterocycles. The largest absolute Gasteiger partial charge is 0.326 e. The van der Waals surface area contributed by atoms with E-state index >= 15 is 0 Å². The van der Waals surface area contributed by atoms with Gasteiger partial charge in [-0.1, -0.05) is 31.5 Å². The third kappa shape index (κ3) is 3.08. The van der Waals surface area contributed by atoms with Gasteiger partial charge in [0.15, 0.2) is 0 Å². The van der Waals surface area contributed by atoms with Gasteiger partial charge in [0, 0.05) is 19.6 Å². The molecule has 1 atom stereocenters.